The molecule has 164 valence electrons. The first-order valence-electron chi connectivity index (χ1n) is 11.3. The van der Waals surface area contributed by atoms with Gasteiger partial charge in [-0.25, -0.2) is 0 Å². The Bertz CT molecular complexity index is 1210. The third-order valence-electron chi connectivity index (χ3n) is 6.14. The summed E-state index contributed by atoms with van der Waals surface area (Å²) in [5.41, 5.74) is 2.32. The minimum atomic E-state index is -0.0772. The van der Waals surface area contributed by atoms with Crippen LogP contribution in [0.25, 0.3) is 21.9 Å². The Balaban J connectivity index is 1.23. The number of hydrogen-bond acceptors (Lipinski definition) is 5. The van der Waals surface area contributed by atoms with E-state index in [1.165, 1.54) is 0 Å². The smallest absolute Gasteiger partial charge is 0.298 e. The van der Waals surface area contributed by atoms with Gasteiger partial charge in [-0.05, 0) is 54.7 Å². The van der Waals surface area contributed by atoms with Crippen LogP contribution in [0.5, 0.6) is 5.75 Å². The molecular formula is C26H27N3O3. The summed E-state index contributed by atoms with van der Waals surface area (Å²) in [5, 5.41) is 5.11. The molecule has 1 N–H and O–H groups in total. The van der Waals surface area contributed by atoms with Gasteiger partial charge < -0.3 is 19.4 Å². The molecule has 6 heteroatoms. The van der Waals surface area contributed by atoms with Gasteiger partial charge in [-0.2, -0.15) is 4.98 Å². The zero-order chi connectivity index (χ0) is 21.9. The SMILES string of the molecule is CCOc1ccc2ccccc2c1C(=O)NCC1CCN(c2nc3ccccc3o2)CC1. The Hall–Kier alpha value is -3.54. The van der Waals surface area contributed by atoms with E-state index in [0.717, 1.165) is 47.8 Å². The Morgan fingerprint density at radius 3 is 2.69 bits per heavy atom. The number of rotatable bonds is 6. The number of piperidine rings is 1. The lowest BCUT2D eigenvalue weighted by Crippen LogP contribution is -2.39. The average molecular weight is 430 g/mol. The summed E-state index contributed by atoms with van der Waals surface area (Å²) in [7, 11) is 0. The molecule has 0 atom stereocenters. The van der Waals surface area contributed by atoms with Crippen molar-refractivity contribution in [2.45, 2.75) is 19.8 Å². The average Bonchev–Trinajstić information content (AvgIpc) is 3.27. The van der Waals surface area contributed by atoms with E-state index < -0.39 is 0 Å². The molecule has 1 amide bonds. The number of para-hydroxylation sites is 2. The first kappa shape index (κ1) is 20.4. The molecule has 1 aliphatic rings. The van der Waals surface area contributed by atoms with Crippen molar-refractivity contribution in [3.8, 4) is 5.75 Å². The van der Waals surface area contributed by atoms with Crippen LogP contribution in [0, 0.1) is 5.92 Å². The number of nitrogens with one attached hydrogen (secondary N) is 1. The van der Waals surface area contributed by atoms with Crippen molar-refractivity contribution in [2.75, 3.05) is 31.1 Å². The Morgan fingerprint density at radius 2 is 1.88 bits per heavy atom. The van der Waals surface area contributed by atoms with Crippen molar-refractivity contribution >= 4 is 33.8 Å². The molecule has 4 aromatic rings. The summed E-state index contributed by atoms with van der Waals surface area (Å²) in [4.78, 5) is 20.0. The molecule has 0 unspecified atom stereocenters. The lowest BCUT2D eigenvalue weighted by Gasteiger charge is -2.31. The van der Waals surface area contributed by atoms with E-state index in [0.29, 0.717) is 36.4 Å². The van der Waals surface area contributed by atoms with Gasteiger partial charge in [-0.1, -0.05) is 42.5 Å². The quantitative estimate of drug-likeness (QED) is 0.466. The molecule has 0 radical (unpaired) electrons. The molecule has 0 spiro atoms. The highest BCUT2D eigenvalue weighted by Crippen LogP contribution is 2.29. The summed E-state index contributed by atoms with van der Waals surface area (Å²) in [6.07, 6.45) is 1.96. The maximum absolute atomic E-state index is 13.2. The summed E-state index contributed by atoms with van der Waals surface area (Å²) >= 11 is 0. The van der Waals surface area contributed by atoms with E-state index in [1.807, 2.05) is 67.6 Å². The van der Waals surface area contributed by atoms with Crippen LogP contribution in [0.2, 0.25) is 0 Å². The van der Waals surface area contributed by atoms with Crippen LogP contribution in [0.1, 0.15) is 30.1 Å². The first-order valence-corrected chi connectivity index (χ1v) is 11.3. The molecule has 32 heavy (non-hydrogen) atoms. The van der Waals surface area contributed by atoms with E-state index >= 15 is 0 Å². The highest BCUT2D eigenvalue weighted by atomic mass is 16.5. The fourth-order valence-corrected chi connectivity index (χ4v) is 4.41. The number of fused-ring (bicyclic) bond motifs is 2. The molecule has 3 aromatic carbocycles. The number of carbonyl (C=O) groups excluding carboxylic acids is 1. The van der Waals surface area contributed by atoms with Crippen molar-refractivity contribution in [2.24, 2.45) is 5.92 Å². The van der Waals surface area contributed by atoms with Gasteiger partial charge in [0.1, 0.15) is 11.3 Å². The fourth-order valence-electron chi connectivity index (χ4n) is 4.41. The van der Waals surface area contributed by atoms with Crippen molar-refractivity contribution in [3.63, 3.8) is 0 Å². The summed E-state index contributed by atoms with van der Waals surface area (Å²) in [6, 6.07) is 20.3. The number of anilines is 1. The lowest BCUT2D eigenvalue weighted by atomic mass is 9.96. The van der Waals surface area contributed by atoms with Crippen LogP contribution in [0.4, 0.5) is 6.01 Å². The molecule has 5 rings (SSSR count). The molecule has 1 fully saturated rings. The topological polar surface area (TPSA) is 67.6 Å². The molecule has 0 aliphatic carbocycles. The van der Waals surface area contributed by atoms with E-state index in [9.17, 15) is 4.79 Å². The van der Waals surface area contributed by atoms with Crippen LogP contribution in [0.3, 0.4) is 0 Å². The van der Waals surface area contributed by atoms with Crippen LogP contribution >= 0.6 is 0 Å². The highest BCUT2D eigenvalue weighted by Gasteiger charge is 2.24. The van der Waals surface area contributed by atoms with Gasteiger partial charge >= 0.3 is 0 Å². The van der Waals surface area contributed by atoms with Gasteiger partial charge in [0.25, 0.3) is 11.9 Å². The van der Waals surface area contributed by atoms with Crippen molar-refractivity contribution < 1.29 is 13.9 Å². The van der Waals surface area contributed by atoms with Gasteiger partial charge in [0.2, 0.25) is 0 Å². The second-order valence-corrected chi connectivity index (χ2v) is 8.20. The predicted octanol–water partition coefficient (Wildman–Crippen LogP) is 5.03. The Labute approximate surface area is 187 Å². The predicted molar refractivity (Wildman–Crippen MR) is 126 cm³/mol. The third-order valence-corrected chi connectivity index (χ3v) is 6.14. The van der Waals surface area contributed by atoms with Gasteiger partial charge in [-0.3, -0.25) is 4.79 Å². The maximum Gasteiger partial charge on any atom is 0.298 e. The Kier molecular flexibility index (Phi) is 5.67. The summed E-state index contributed by atoms with van der Waals surface area (Å²) in [6.45, 7) is 4.83. The molecule has 0 saturated carbocycles. The van der Waals surface area contributed by atoms with Gasteiger partial charge in [0.05, 0.1) is 12.2 Å². The lowest BCUT2D eigenvalue weighted by molar-refractivity contribution is 0.0943. The number of nitrogens with zero attached hydrogens (tertiary/aromatic N) is 2. The van der Waals surface area contributed by atoms with E-state index in [1.54, 1.807) is 0 Å². The minimum absolute atomic E-state index is 0.0772. The van der Waals surface area contributed by atoms with Crippen molar-refractivity contribution in [1.29, 1.82) is 0 Å². The van der Waals surface area contributed by atoms with E-state index in [-0.39, 0.29) is 5.91 Å². The first-order chi connectivity index (χ1) is 15.7. The van der Waals surface area contributed by atoms with Gasteiger partial charge in [0.15, 0.2) is 5.58 Å². The van der Waals surface area contributed by atoms with Crippen LogP contribution in [0.15, 0.2) is 65.1 Å². The number of aromatic nitrogens is 1. The van der Waals surface area contributed by atoms with E-state index in [4.69, 9.17) is 9.15 Å². The molecule has 1 saturated heterocycles. The highest BCUT2D eigenvalue weighted by molar-refractivity contribution is 6.09. The largest absolute Gasteiger partial charge is 0.493 e. The minimum Gasteiger partial charge on any atom is -0.493 e. The Morgan fingerprint density at radius 1 is 1.09 bits per heavy atom. The number of amides is 1. The molecule has 1 aromatic heterocycles. The second-order valence-electron chi connectivity index (χ2n) is 8.20. The zero-order valence-electron chi connectivity index (χ0n) is 18.2. The van der Waals surface area contributed by atoms with Crippen LogP contribution in [-0.2, 0) is 0 Å². The second kappa shape index (κ2) is 8.91. The molecular weight excluding hydrogens is 402 g/mol. The molecule has 1 aliphatic heterocycles. The third kappa shape index (κ3) is 4.00. The molecule has 0 bridgehead atoms. The van der Waals surface area contributed by atoms with Gasteiger partial charge in [0, 0.05) is 19.6 Å². The van der Waals surface area contributed by atoms with Gasteiger partial charge in [-0.15, -0.1) is 0 Å². The van der Waals surface area contributed by atoms with Crippen LogP contribution < -0.4 is 15.0 Å². The van der Waals surface area contributed by atoms with Crippen molar-refractivity contribution in [3.05, 3.63) is 66.2 Å². The standard InChI is InChI=1S/C26H27N3O3/c1-2-31-23-12-11-19-7-3-4-8-20(19)24(23)25(30)27-17-18-13-15-29(16-14-18)26-28-21-9-5-6-10-22(21)32-26/h3-12,18H,2,13-17H2,1H3,(H,27,30). The van der Waals surface area contributed by atoms with E-state index in [2.05, 4.69) is 15.2 Å². The zero-order valence-corrected chi connectivity index (χ0v) is 18.2. The molecule has 6 nitrogen and oxygen atoms in total. The summed E-state index contributed by atoms with van der Waals surface area (Å²) < 4.78 is 11.7. The number of benzene rings is 3. The van der Waals surface area contributed by atoms with Crippen LogP contribution in [-0.4, -0.2) is 37.1 Å². The monoisotopic (exact) mass is 429 g/mol. The molecule has 2 heterocycles. The number of carbonyl (C=O) groups is 1. The normalized spacial score (nSPS) is 14.7. The maximum atomic E-state index is 13.2. The number of ether oxygens (including phenoxy) is 1. The van der Waals surface area contributed by atoms with Crippen molar-refractivity contribution in [1.82, 2.24) is 10.3 Å². The summed E-state index contributed by atoms with van der Waals surface area (Å²) in [5.74, 6) is 0.978. The number of hydrogen-bond donors (Lipinski definition) is 1. The number of oxazole rings is 1. The fraction of sp³-hybridized carbons (Fsp3) is 0.308.